The van der Waals surface area contributed by atoms with Gasteiger partial charge in [0.2, 0.25) is 0 Å². The second kappa shape index (κ2) is 7.04. The van der Waals surface area contributed by atoms with Crippen LogP contribution in [0.1, 0.15) is 20.3 Å². The van der Waals surface area contributed by atoms with Crippen LogP contribution in [0.5, 0.6) is 0 Å². The molecule has 3 nitrogen and oxygen atoms in total. The molecule has 0 aliphatic heterocycles. The Hall–Kier alpha value is -0.410. The Morgan fingerprint density at radius 2 is 2.00 bits per heavy atom. The van der Waals surface area contributed by atoms with Crippen LogP contribution in [-0.4, -0.2) is 55.9 Å². The summed E-state index contributed by atoms with van der Waals surface area (Å²) >= 11 is 0. The second-order valence-electron chi connectivity index (χ2n) is 3.70. The first-order valence-corrected chi connectivity index (χ1v) is 4.94. The molecule has 0 amide bonds. The number of aldehydes is 1. The average molecular weight is 186 g/mol. The molecule has 3 heteroatoms. The third-order valence-corrected chi connectivity index (χ3v) is 2.19. The molecule has 0 aliphatic carbocycles. The topological polar surface area (TPSA) is 23.6 Å². The Bertz CT molecular complexity index is 137. The minimum atomic E-state index is 0.528. The van der Waals surface area contributed by atoms with E-state index >= 15 is 0 Å². The van der Waals surface area contributed by atoms with Gasteiger partial charge in [0.1, 0.15) is 6.29 Å². The van der Waals surface area contributed by atoms with Gasteiger partial charge >= 0.3 is 0 Å². The van der Waals surface area contributed by atoms with Gasteiger partial charge in [-0.05, 0) is 27.6 Å². The van der Waals surface area contributed by atoms with Crippen molar-refractivity contribution in [2.24, 2.45) is 0 Å². The smallest absolute Gasteiger partial charge is 0.121 e. The van der Waals surface area contributed by atoms with Crippen LogP contribution in [0.2, 0.25) is 0 Å². The maximum absolute atomic E-state index is 10.2. The summed E-state index contributed by atoms with van der Waals surface area (Å²) in [5, 5.41) is 0. The van der Waals surface area contributed by atoms with Crippen LogP contribution in [0.25, 0.3) is 0 Å². The van der Waals surface area contributed by atoms with E-state index in [1.807, 2.05) is 0 Å². The number of hydrogen-bond donors (Lipinski definition) is 0. The van der Waals surface area contributed by atoms with Crippen molar-refractivity contribution < 1.29 is 4.79 Å². The van der Waals surface area contributed by atoms with Crippen molar-refractivity contribution in [3.8, 4) is 0 Å². The lowest BCUT2D eigenvalue weighted by molar-refractivity contribution is -0.108. The first-order valence-electron chi connectivity index (χ1n) is 4.94. The molecular formula is C10H22N2O. The van der Waals surface area contributed by atoms with Crippen molar-refractivity contribution in [3.63, 3.8) is 0 Å². The largest absolute Gasteiger partial charge is 0.308 e. The lowest BCUT2D eigenvalue weighted by atomic mass is 10.2. The molecule has 0 saturated heterocycles. The molecule has 13 heavy (non-hydrogen) atoms. The maximum Gasteiger partial charge on any atom is 0.121 e. The fourth-order valence-corrected chi connectivity index (χ4v) is 1.55. The van der Waals surface area contributed by atoms with E-state index in [-0.39, 0.29) is 0 Å². The van der Waals surface area contributed by atoms with E-state index in [4.69, 9.17) is 0 Å². The van der Waals surface area contributed by atoms with Gasteiger partial charge in [-0.25, -0.2) is 0 Å². The van der Waals surface area contributed by atoms with Gasteiger partial charge in [0, 0.05) is 25.6 Å². The summed E-state index contributed by atoms with van der Waals surface area (Å²) < 4.78 is 0. The zero-order chi connectivity index (χ0) is 10.3. The molecule has 0 aromatic carbocycles. The maximum atomic E-state index is 10.2. The van der Waals surface area contributed by atoms with E-state index in [2.05, 4.69) is 37.7 Å². The minimum absolute atomic E-state index is 0.528. The third kappa shape index (κ3) is 5.77. The van der Waals surface area contributed by atoms with Crippen molar-refractivity contribution in [1.29, 1.82) is 0 Å². The molecule has 0 aromatic rings. The third-order valence-electron chi connectivity index (χ3n) is 2.19. The highest BCUT2D eigenvalue weighted by atomic mass is 16.1. The molecule has 0 rings (SSSR count). The summed E-state index contributed by atoms with van der Waals surface area (Å²) in [4.78, 5) is 14.7. The predicted molar refractivity (Wildman–Crippen MR) is 55.9 cm³/mol. The van der Waals surface area contributed by atoms with Crippen LogP contribution in [0.15, 0.2) is 0 Å². The summed E-state index contributed by atoms with van der Waals surface area (Å²) in [6, 6.07) is 0.528. The number of likely N-dealkylation sites (N-methyl/N-ethyl adjacent to an activating group) is 2. The molecule has 0 spiro atoms. The summed E-state index contributed by atoms with van der Waals surface area (Å²) in [6.45, 7) is 7.29. The fraction of sp³-hybridized carbons (Fsp3) is 0.900. The highest BCUT2D eigenvalue weighted by Gasteiger charge is 2.11. The van der Waals surface area contributed by atoms with E-state index in [1.165, 1.54) is 0 Å². The number of rotatable bonds is 7. The Morgan fingerprint density at radius 1 is 1.38 bits per heavy atom. The Labute approximate surface area is 81.7 Å². The molecule has 78 valence electrons. The Morgan fingerprint density at radius 3 is 2.38 bits per heavy atom. The van der Waals surface area contributed by atoms with Gasteiger partial charge in [-0.3, -0.25) is 4.90 Å². The molecule has 0 saturated carbocycles. The van der Waals surface area contributed by atoms with Gasteiger partial charge in [0.25, 0.3) is 0 Å². The second-order valence-corrected chi connectivity index (χ2v) is 3.70. The molecular weight excluding hydrogens is 164 g/mol. The Kier molecular flexibility index (Phi) is 6.82. The summed E-state index contributed by atoms with van der Waals surface area (Å²) in [6.07, 6.45) is 1.64. The van der Waals surface area contributed by atoms with E-state index in [1.54, 1.807) is 0 Å². The number of nitrogens with zero attached hydrogens (tertiary/aromatic N) is 2. The van der Waals surface area contributed by atoms with Crippen molar-refractivity contribution >= 4 is 6.29 Å². The van der Waals surface area contributed by atoms with Gasteiger partial charge in [-0.1, -0.05) is 6.92 Å². The zero-order valence-electron chi connectivity index (χ0n) is 9.29. The van der Waals surface area contributed by atoms with Crippen molar-refractivity contribution in [1.82, 2.24) is 9.80 Å². The zero-order valence-corrected chi connectivity index (χ0v) is 9.29. The van der Waals surface area contributed by atoms with Crippen LogP contribution in [0.3, 0.4) is 0 Å². The molecule has 0 aromatic heterocycles. The highest BCUT2D eigenvalue weighted by Crippen LogP contribution is 2.00. The highest BCUT2D eigenvalue weighted by molar-refractivity contribution is 5.49. The lowest BCUT2D eigenvalue weighted by Crippen LogP contribution is -2.40. The van der Waals surface area contributed by atoms with E-state index in [9.17, 15) is 4.79 Å². The van der Waals surface area contributed by atoms with Gasteiger partial charge in [-0.2, -0.15) is 0 Å². The normalized spacial score (nSPS) is 13.7. The monoisotopic (exact) mass is 186 g/mol. The number of carbonyl (C=O) groups is 1. The summed E-state index contributed by atoms with van der Waals surface area (Å²) in [7, 11) is 4.15. The summed E-state index contributed by atoms with van der Waals surface area (Å²) in [5.41, 5.74) is 0. The van der Waals surface area contributed by atoms with Crippen molar-refractivity contribution in [3.05, 3.63) is 0 Å². The first kappa shape index (κ1) is 12.6. The molecule has 1 atom stereocenters. The van der Waals surface area contributed by atoms with Gasteiger partial charge in [0.05, 0.1) is 0 Å². The molecule has 0 fully saturated rings. The quantitative estimate of drug-likeness (QED) is 0.551. The van der Waals surface area contributed by atoms with Crippen LogP contribution in [0.4, 0.5) is 0 Å². The molecule has 0 bridgehead atoms. The molecule has 0 heterocycles. The van der Waals surface area contributed by atoms with E-state index in [0.29, 0.717) is 12.5 Å². The van der Waals surface area contributed by atoms with E-state index in [0.717, 1.165) is 25.9 Å². The van der Waals surface area contributed by atoms with Gasteiger partial charge < -0.3 is 9.69 Å². The van der Waals surface area contributed by atoms with Gasteiger partial charge in [-0.15, -0.1) is 0 Å². The molecule has 1 unspecified atom stereocenters. The van der Waals surface area contributed by atoms with Crippen LogP contribution in [0, 0.1) is 0 Å². The van der Waals surface area contributed by atoms with Crippen LogP contribution >= 0.6 is 0 Å². The average Bonchev–Trinajstić information content (AvgIpc) is 2.04. The van der Waals surface area contributed by atoms with Crippen LogP contribution in [-0.2, 0) is 4.79 Å². The Balaban J connectivity index is 3.83. The van der Waals surface area contributed by atoms with E-state index < -0.39 is 0 Å². The summed E-state index contributed by atoms with van der Waals surface area (Å²) in [5.74, 6) is 0. The molecule has 0 aliphatic rings. The number of carbonyl (C=O) groups excluding carboxylic acids is 1. The standard InChI is InChI=1S/C10H22N2O/c1-5-12(7-6-8-13)10(2)9-11(3)4/h8,10H,5-7,9H2,1-4H3. The molecule has 0 N–H and O–H groups in total. The van der Waals surface area contributed by atoms with Crippen molar-refractivity contribution in [2.75, 3.05) is 33.7 Å². The van der Waals surface area contributed by atoms with Crippen molar-refractivity contribution in [2.45, 2.75) is 26.3 Å². The minimum Gasteiger partial charge on any atom is -0.308 e. The molecule has 0 radical (unpaired) electrons. The SMILES string of the molecule is CCN(CCC=O)C(C)CN(C)C. The number of hydrogen-bond acceptors (Lipinski definition) is 3. The van der Waals surface area contributed by atoms with Crippen LogP contribution < -0.4 is 0 Å². The predicted octanol–water partition coefficient (Wildman–Crippen LogP) is 0.847. The first-order chi connectivity index (χ1) is 6.11. The van der Waals surface area contributed by atoms with Gasteiger partial charge in [0.15, 0.2) is 0 Å². The lowest BCUT2D eigenvalue weighted by Gasteiger charge is -2.29. The fourth-order valence-electron chi connectivity index (χ4n) is 1.55.